The van der Waals surface area contributed by atoms with Crippen LogP contribution in [0.4, 0.5) is 0 Å². The Morgan fingerprint density at radius 3 is 2.45 bits per heavy atom. The molecule has 20 heavy (non-hydrogen) atoms. The molecule has 0 saturated heterocycles. The maximum atomic E-state index is 4.85. The molecule has 2 heteroatoms. The molecule has 0 fully saturated rings. The van der Waals surface area contributed by atoms with Crippen LogP contribution < -0.4 is 0 Å². The third kappa shape index (κ3) is 3.84. The molecule has 0 unspecified atom stereocenters. The van der Waals surface area contributed by atoms with Crippen LogP contribution in [-0.2, 0) is 13.0 Å². The highest BCUT2D eigenvalue weighted by atomic mass is 15.1. The van der Waals surface area contributed by atoms with Crippen molar-refractivity contribution in [2.24, 2.45) is 0 Å². The molecular weight excluding hydrogens is 244 g/mol. The first kappa shape index (κ1) is 15.1. The summed E-state index contributed by atoms with van der Waals surface area (Å²) in [5.74, 6) is 1.29. The number of aromatic nitrogens is 2. The Hall–Kier alpha value is -1.31. The van der Waals surface area contributed by atoms with Crippen LogP contribution in [0.5, 0.6) is 0 Å². The summed E-state index contributed by atoms with van der Waals surface area (Å²) in [7, 11) is 0. The fourth-order valence-electron chi connectivity index (χ4n) is 2.80. The highest BCUT2D eigenvalue weighted by Gasteiger charge is 2.09. The van der Waals surface area contributed by atoms with Gasteiger partial charge in [-0.25, -0.2) is 4.98 Å². The molecule has 110 valence electrons. The van der Waals surface area contributed by atoms with Gasteiger partial charge in [-0.15, -0.1) is 0 Å². The predicted octanol–water partition coefficient (Wildman–Crippen LogP) is 5.35. The lowest BCUT2D eigenvalue weighted by Gasteiger charge is -2.09. The lowest BCUT2D eigenvalue weighted by molar-refractivity contribution is 0.565. The number of hydrogen-bond donors (Lipinski definition) is 0. The first-order valence-corrected chi connectivity index (χ1v) is 8.31. The molecule has 1 aromatic carbocycles. The zero-order valence-electron chi connectivity index (χ0n) is 13.1. The van der Waals surface area contributed by atoms with E-state index in [9.17, 15) is 0 Å². The molecule has 0 spiro atoms. The van der Waals surface area contributed by atoms with Crippen molar-refractivity contribution in [1.82, 2.24) is 9.55 Å². The number of aryl methyl sites for hydroxylation is 2. The van der Waals surface area contributed by atoms with Crippen LogP contribution >= 0.6 is 0 Å². The van der Waals surface area contributed by atoms with E-state index in [2.05, 4.69) is 42.7 Å². The van der Waals surface area contributed by atoms with Crippen molar-refractivity contribution in [2.75, 3.05) is 0 Å². The maximum Gasteiger partial charge on any atom is 0.109 e. The lowest BCUT2D eigenvalue weighted by atomic mass is 10.2. The van der Waals surface area contributed by atoms with Crippen molar-refractivity contribution < 1.29 is 0 Å². The quantitative estimate of drug-likeness (QED) is 0.563. The topological polar surface area (TPSA) is 17.8 Å². The van der Waals surface area contributed by atoms with Gasteiger partial charge in [0.1, 0.15) is 5.82 Å². The molecule has 0 bridgehead atoms. The molecule has 0 aliphatic rings. The van der Waals surface area contributed by atoms with E-state index in [1.807, 2.05) is 0 Å². The van der Waals surface area contributed by atoms with Gasteiger partial charge in [0.2, 0.25) is 0 Å². The average Bonchev–Trinajstić information content (AvgIpc) is 2.82. The standard InChI is InChI=1S/C18H28N2/c1-3-5-7-11-15-20-17-13-10-9-12-16(17)19-18(20)14-8-6-4-2/h9-10,12-13H,3-8,11,14-15H2,1-2H3. The molecule has 0 atom stereocenters. The van der Waals surface area contributed by atoms with Gasteiger partial charge in [0, 0.05) is 13.0 Å². The first-order chi connectivity index (χ1) is 9.86. The summed E-state index contributed by atoms with van der Waals surface area (Å²) < 4.78 is 2.46. The van der Waals surface area contributed by atoms with Gasteiger partial charge in [0.25, 0.3) is 0 Å². The molecular formula is C18H28N2. The number of unbranched alkanes of at least 4 members (excludes halogenated alkanes) is 5. The van der Waals surface area contributed by atoms with Gasteiger partial charge in [0.15, 0.2) is 0 Å². The first-order valence-electron chi connectivity index (χ1n) is 8.31. The number of benzene rings is 1. The SMILES string of the molecule is CCCCCCn1c(CCCCC)nc2ccccc21. The Kier molecular flexibility index (Phi) is 6.10. The van der Waals surface area contributed by atoms with Crippen molar-refractivity contribution in [3.8, 4) is 0 Å². The Bertz CT molecular complexity index is 513. The highest BCUT2D eigenvalue weighted by Crippen LogP contribution is 2.19. The van der Waals surface area contributed by atoms with Crippen LogP contribution in [0.15, 0.2) is 24.3 Å². The average molecular weight is 272 g/mol. The van der Waals surface area contributed by atoms with E-state index in [4.69, 9.17) is 4.98 Å². The van der Waals surface area contributed by atoms with Gasteiger partial charge in [0.05, 0.1) is 11.0 Å². The minimum absolute atomic E-state index is 1.12. The second-order valence-corrected chi connectivity index (χ2v) is 5.69. The number of hydrogen-bond acceptors (Lipinski definition) is 1. The monoisotopic (exact) mass is 272 g/mol. The number of imidazole rings is 1. The molecule has 0 aliphatic carbocycles. The van der Waals surface area contributed by atoms with Gasteiger partial charge in [-0.2, -0.15) is 0 Å². The number of rotatable bonds is 9. The minimum atomic E-state index is 1.12. The largest absolute Gasteiger partial charge is 0.328 e. The van der Waals surface area contributed by atoms with E-state index < -0.39 is 0 Å². The van der Waals surface area contributed by atoms with E-state index in [-0.39, 0.29) is 0 Å². The second kappa shape index (κ2) is 8.08. The van der Waals surface area contributed by atoms with E-state index in [1.165, 1.54) is 56.3 Å². The number of para-hydroxylation sites is 2. The van der Waals surface area contributed by atoms with Gasteiger partial charge < -0.3 is 4.57 Å². The molecule has 1 aromatic heterocycles. The summed E-state index contributed by atoms with van der Waals surface area (Å²) in [6.45, 7) is 5.65. The summed E-state index contributed by atoms with van der Waals surface area (Å²) >= 11 is 0. The smallest absolute Gasteiger partial charge is 0.109 e. The van der Waals surface area contributed by atoms with E-state index in [0.29, 0.717) is 0 Å². The predicted molar refractivity (Wildman–Crippen MR) is 87.1 cm³/mol. The van der Waals surface area contributed by atoms with E-state index >= 15 is 0 Å². The van der Waals surface area contributed by atoms with Crippen LogP contribution in [0.1, 0.15) is 64.6 Å². The van der Waals surface area contributed by atoms with Crippen LogP contribution in [0, 0.1) is 0 Å². The van der Waals surface area contributed by atoms with Gasteiger partial charge in [-0.3, -0.25) is 0 Å². The molecule has 1 heterocycles. The van der Waals surface area contributed by atoms with E-state index in [1.54, 1.807) is 0 Å². The third-order valence-corrected chi connectivity index (χ3v) is 3.97. The fraction of sp³-hybridized carbons (Fsp3) is 0.611. The molecule has 2 nitrogen and oxygen atoms in total. The Morgan fingerprint density at radius 2 is 1.65 bits per heavy atom. The Morgan fingerprint density at radius 1 is 0.900 bits per heavy atom. The molecule has 0 radical (unpaired) electrons. The molecule has 0 amide bonds. The second-order valence-electron chi connectivity index (χ2n) is 5.69. The zero-order chi connectivity index (χ0) is 14.2. The van der Waals surface area contributed by atoms with Crippen molar-refractivity contribution in [1.29, 1.82) is 0 Å². The molecule has 2 aromatic rings. The van der Waals surface area contributed by atoms with Gasteiger partial charge >= 0.3 is 0 Å². The Labute approximate surface area is 123 Å². The third-order valence-electron chi connectivity index (χ3n) is 3.97. The maximum absolute atomic E-state index is 4.85. The summed E-state index contributed by atoms with van der Waals surface area (Å²) in [6, 6.07) is 8.57. The molecule has 0 aliphatic heterocycles. The normalized spacial score (nSPS) is 11.3. The van der Waals surface area contributed by atoms with Crippen molar-refractivity contribution in [3.05, 3.63) is 30.1 Å². The minimum Gasteiger partial charge on any atom is -0.328 e. The van der Waals surface area contributed by atoms with Crippen LogP contribution in [0.2, 0.25) is 0 Å². The van der Waals surface area contributed by atoms with E-state index in [0.717, 1.165) is 18.5 Å². The molecule has 0 saturated carbocycles. The summed E-state index contributed by atoms with van der Waals surface area (Å²) in [5, 5.41) is 0. The van der Waals surface area contributed by atoms with Gasteiger partial charge in [-0.1, -0.05) is 58.1 Å². The van der Waals surface area contributed by atoms with Crippen LogP contribution in [0.25, 0.3) is 11.0 Å². The summed E-state index contributed by atoms with van der Waals surface area (Å²) in [5.41, 5.74) is 2.48. The molecule has 2 rings (SSSR count). The zero-order valence-corrected chi connectivity index (χ0v) is 13.1. The summed E-state index contributed by atoms with van der Waals surface area (Å²) in [4.78, 5) is 4.85. The van der Waals surface area contributed by atoms with Crippen LogP contribution in [0.3, 0.4) is 0 Å². The number of nitrogens with zero attached hydrogens (tertiary/aromatic N) is 2. The fourth-order valence-corrected chi connectivity index (χ4v) is 2.80. The highest BCUT2D eigenvalue weighted by molar-refractivity contribution is 5.75. The number of fused-ring (bicyclic) bond motifs is 1. The Balaban J connectivity index is 2.11. The molecule has 0 N–H and O–H groups in total. The summed E-state index contributed by atoms with van der Waals surface area (Å²) in [6.07, 6.45) is 10.2. The lowest BCUT2D eigenvalue weighted by Crippen LogP contribution is -2.04. The van der Waals surface area contributed by atoms with Crippen molar-refractivity contribution in [3.63, 3.8) is 0 Å². The van der Waals surface area contributed by atoms with Crippen molar-refractivity contribution in [2.45, 2.75) is 71.8 Å². The van der Waals surface area contributed by atoms with Crippen molar-refractivity contribution >= 4 is 11.0 Å². The van der Waals surface area contributed by atoms with Crippen LogP contribution in [-0.4, -0.2) is 9.55 Å². The van der Waals surface area contributed by atoms with Gasteiger partial charge in [-0.05, 0) is 25.0 Å².